The Morgan fingerprint density at radius 1 is 1.31 bits per heavy atom. The van der Waals surface area contributed by atoms with Gasteiger partial charge in [0.1, 0.15) is 0 Å². The number of benzene rings is 1. The topological polar surface area (TPSA) is 86.2 Å². The summed E-state index contributed by atoms with van der Waals surface area (Å²) in [5, 5.41) is 10.4. The van der Waals surface area contributed by atoms with Gasteiger partial charge >= 0.3 is 0 Å². The molecule has 2 aromatic rings. The molecule has 0 saturated heterocycles. The molecule has 0 bridgehead atoms. The molecular formula is C10H6N2O4. The Labute approximate surface area is 89.7 Å². The number of aldehydes is 1. The summed E-state index contributed by atoms with van der Waals surface area (Å²) in [5.74, 6) is 0.380. The van der Waals surface area contributed by atoms with Crippen molar-refractivity contribution in [3.05, 3.63) is 46.3 Å². The van der Waals surface area contributed by atoms with Crippen molar-refractivity contribution in [2.45, 2.75) is 0 Å². The van der Waals surface area contributed by atoms with Crippen LogP contribution in [0.5, 0.6) is 0 Å². The summed E-state index contributed by atoms with van der Waals surface area (Å²) in [6.07, 6.45) is 1.84. The second-order valence-electron chi connectivity index (χ2n) is 2.99. The smallest absolute Gasteiger partial charge is 0.269 e. The van der Waals surface area contributed by atoms with Gasteiger partial charge in [-0.25, -0.2) is 4.98 Å². The number of rotatable bonds is 3. The minimum absolute atomic E-state index is 0.00841. The highest BCUT2D eigenvalue weighted by Gasteiger charge is 2.09. The Balaban J connectivity index is 2.34. The van der Waals surface area contributed by atoms with Crippen LogP contribution in [0, 0.1) is 10.1 Å². The van der Waals surface area contributed by atoms with Crippen LogP contribution in [-0.4, -0.2) is 16.2 Å². The summed E-state index contributed by atoms with van der Waals surface area (Å²) in [5.41, 5.74) is 0.574. The molecular weight excluding hydrogens is 212 g/mol. The van der Waals surface area contributed by atoms with E-state index in [1.54, 1.807) is 0 Å². The van der Waals surface area contributed by atoms with E-state index in [2.05, 4.69) is 4.98 Å². The van der Waals surface area contributed by atoms with Crippen molar-refractivity contribution in [3.8, 4) is 11.5 Å². The molecule has 0 aliphatic heterocycles. The van der Waals surface area contributed by atoms with Crippen molar-refractivity contribution < 1.29 is 14.1 Å². The third kappa shape index (κ3) is 1.81. The summed E-state index contributed by atoms with van der Waals surface area (Å²) in [6, 6.07) is 5.72. The van der Waals surface area contributed by atoms with Gasteiger partial charge in [-0.1, -0.05) is 0 Å². The summed E-state index contributed by atoms with van der Waals surface area (Å²) in [6.45, 7) is 0. The molecule has 0 aliphatic carbocycles. The van der Waals surface area contributed by atoms with E-state index >= 15 is 0 Å². The third-order valence-corrected chi connectivity index (χ3v) is 1.96. The van der Waals surface area contributed by atoms with Gasteiger partial charge in [0.05, 0.1) is 11.1 Å². The largest absolute Gasteiger partial charge is 0.433 e. The number of nitrogens with zero attached hydrogens (tertiary/aromatic N) is 2. The second-order valence-corrected chi connectivity index (χ2v) is 2.99. The Morgan fingerprint density at radius 2 is 2.00 bits per heavy atom. The van der Waals surface area contributed by atoms with Crippen LogP contribution in [0.2, 0.25) is 0 Å². The van der Waals surface area contributed by atoms with Gasteiger partial charge < -0.3 is 4.42 Å². The van der Waals surface area contributed by atoms with Crippen LogP contribution < -0.4 is 0 Å². The van der Waals surface area contributed by atoms with Gasteiger partial charge in [-0.2, -0.15) is 0 Å². The van der Waals surface area contributed by atoms with Crippen LogP contribution in [0.15, 0.2) is 34.9 Å². The lowest BCUT2D eigenvalue weighted by Gasteiger charge is -1.94. The molecule has 0 unspecified atom stereocenters. The normalized spacial score (nSPS) is 10.0. The van der Waals surface area contributed by atoms with Gasteiger partial charge in [0.15, 0.2) is 12.0 Å². The summed E-state index contributed by atoms with van der Waals surface area (Å²) in [4.78, 5) is 24.2. The lowest BCUT2D eigenvalue weighted by atomic mass is 10.2. The third-order valence-electron chi connectivity index (χ3n) is 1.96. The minimum atomic E-state index is -0.490. The number of carbonyl (C=O) groups excluding carboxylic acids is 1. The molecule has 16 heavy (non-hydrogen) atoms. The zero-order valence-corrected chi connectivity index (χ0v) is 7.99. The van der Waals surface area contributed by atoms with E-state index in [1.807, 2.05) is 0 Å². The fourth-order valence-corrected chi connectivity index (χ4v) is 1.20. The molecule has 0 amide bonds. The van der Waals surface area contributed by atoms with Crippen molar-refractivity contribution in [1.82, 2.24) is 4.98 Å². The number of oxazole rings is 1. The first-order valence-electron chi connectivity index (χ1n) is 4.36. The van der Waals surface area contributed by atoms with Gasteiger partial charge in [-0.05, 0) is 12.1 Å². The predicted molar refractivity (Wildman–Crippen MR) is 54.0 cm³/mol. The molecule has 0 fully saturated rings. The minimum Gasteiger partial charge on any atom is -0.433 e. The maximum Gasteiger partial charge on any atom is 0.269 e. The van der Waals surface area contributed by atoms with Crippen LogP contribution >= 0.6 is 0 Å². The molecule has 1 aromatic heterocycles. The molecule has 1 heterocycles. The molecule has 0 atom stereocenters. The lowest BCUT2D eigenvalue weighted by Crippen LogP contribution is -1.87. The van der Waals surface area contributed by atoms with E-state index < -0.39 is 4.92 Å². The van der Waals surface area contributed by atoms with E-state index in [0.29, 0.717) is 11.8 Å². The number of non-ortho nitro benzene ring substituents is 1. The highest BCUT2D eigenvalue weighted by Crippen LogP contribution is 2.21. The number of nitro benzene ring substituents is 1. The van der Waals surface area contributed by atoms with Crippen LogP contribution in [0.25, 0.3) is 11.5 Å². The van der Waals surface area contributed by atoms with Crippen LogP contribution in [-0.2, 0) is 0 Å². The van der Waals surface area contributed by atoms with E-state index in [-0.39, 0.29) is 17.3 Å². The molecule has 6 heteroatoms. The highest BCUT2D eigenvalue weighted by molar-refractivity contribution is 5.71. The number of hydrogen-bond donors (Lipinski definition) is 0. The Bertz CT molecular complexity index is 530. The van der Waals surface area contributed by atoms with Gasteiger partial charge in [0.2, 0.25) is 5.89 Å². The van der Waals surface area contributed by atoms with Gasteiger partial charge in [0, 0.05) is 17.7 Å². The van der Waals surface area contributed by atoms with Crippen molar-refractivity contribution in [1.29, 1.82) is 0 Å². The fourth-order valence-electron chi connectivity index (χ4n) is 1.20. The maximum atomic E-state index is 10.4. The molecule has 0 saturated carbocycles. The van der Waals surface area contributed by atoms with Gasteiger partial charge in [-0.15, -0.1) is 0 Å². The van der Waals surface area contributed by atoms with Crippen molar-refractivity contribution in [2.75, 3.05) is 0 Å². The molecule has 0 radical (unpaired) electrons. The second kappa shape index (κ2) is 3.93. The van der Waals surface area contributed by atoms with Gasteiger partial charge in [-0.3, -0.25) is 14.9 Å². The fraction of sp³-hybridized carbons (Fsp3) is 0. The Hall–Kier alpha value is -2.50. The maximum absolute atomic E-state index is 10.4. The highest BCUT2D eigenvalue weighted by atomic mass is 16.6. The zero-order chi connectivity index (χ0) is 11.5. The molecule has 0 spiro atoms. The molecule has 0 aliphatic rings. The van der Waals surface area contributed by atoms with E-state index in [1.165, 1.54) is 30.5 Å². The number of aromatic nitrogens is 1. The average molecular weight is 218 g/mol. The molecule has 6 nitrogen and oxygen atoms in total. The molecule has 80 valence electrons. The molecule has 0 N–H and O–H groups in total. The quantitative estimate of drug-likeness (QED) is 0.447. The Morgan fingerprint density at radius 3 is 2.50 bits per heavy atom. The first-order chi connectivity index (χ1) is 7.70. The average Bonchev–Trinajstić information content (AvgIpc) is 2.77. The lowest BCUT2D eigenvalue weighted by molar-refractivity contribution is -0.384. The number of nitro groups is 1. The first kappa shape index (κ1) is 10.0. The number of carbonyl (C=O) groups is 1. The summed E-state index contributed by atoms with van der Waals surface area (Å²) >= 11 is 0. The van der Waals surface area contributed by atoms with E-state index in [0.717, 1.165) is 0 Å². The van der Waals surface area contributed by atoms with Gasteiger partial charge in [0.25, 0.3) is 5.69 Å². The standard InChI is InChI=1S/C10H6N2O4/c13-6-9-5-11-10(16-9)7-1-3-8(4-2-7)12(14)15/h1-6H. The summed E-state index contributed by atoms with van der Waals surface area (Å²) < 4.78 is 5.07. The summed E-state index contributed by atoms with van der Waals surface area (Å²) in [7, 11) is 0. The monoisotopic (exact) mass is 218 g/mol. The first-order valence-corrected chi connectivity index (χ1v) is 4.36. The van der Waals surface area contributed by atoms with Crippen molar-refractivity contribution >= 4 is 12.0 Å². The van der Waals surface area contributed by atoms with Crippen LogP contribution in [0.1, 0.15) is 10.6 Å². The van der Waals surface area contributed by atoms with Crippen molar-refractivity contribution in [3.63, 3.8) is 0 Å². The molecule has 1 aromatic carbocycles. The number of hydrogen-bond acceptors (Lipinski definition) is 5. The van der Waals surface area contributed by atoms with E-state index in [9.17, 15) is 14.9 Å². The zero-order valence-electron chi connectivity index (χ0n) is 7.99. The van der Waals surface area contributed by atoms with Crippen LogP contribution in [0.3, 0.4) is 0 Å². The van der Waals surface area contributed by atoms with Crippen molar-refractivity contribution in [2.24, 2.45) is 0 Å². The van der Waals surface area contributed by atoms with E-state index in [4.69, 9.17) is 4.42 Å². The Kier molecular flexibility index (Phi) is 2.47. The van der Waals surface area contributed by atoms with Crippen LogP contribution in [0.4, 0.5) is 5.69 Å². The molecule has 2 rings (SSSR count). The SMILES string of the molecule is O=Cc1cnc(-c2ccc([N+](=O)[O-])cc2)o1. The predicted octanol–water partition coefficient (Wildman–Crippen LogP) is 2.06.